The van der Waals surface area contributed by atoms with Gasteiger partial charge in [-0.2, -0.15) is 0 Å². The van der Waals surface area contributed by atoms with Crippen LogP contribution in [-0.4, -0.2) is 11.0 Å². The van der Waals surface area contributed by atoms with Crippen LogP contribution in [0.2, 0.25) is 15.1 Å². The van der Waals surface area contributed by atoms with Crippen LogP contribution in [0.25, 0.3) is 0 Å². The average molecular weight is 359 g/mol. The number of rotatable bonds is 2. The van der Waals surface area contributed by atoms with E-state index in [0.717, 1.165) is 16.7 Å². The topological polar surface area (TPSA) is 49.3 Å². The molecule has 0 saturated carbocycles. The standard InChI is InChI=1S/C16H14Cl3NO2/c1-7-4-8(2)12(9(3)5-7)16(22)20-11-6-10(17)15(21)14(19)13(11)18/h4-6,21H,1-3H3,(H,20,22). The number of benzene rings is 2. The highest BCUT2D eigenvalue weighted by molar-refractivity contribution is 6.46. The van der Waals surface area contributed by atoms with Crippen molar-refractivity contribution in [2.45, 2.75) is 20.8 Å². The summed E-state index contributed by atoms with van der Waals surface area (Å²) in [5, 5.41) is 12.3. The Morgan fingerprint density at radius 1 is 1.00 bits per heavy atom. The number of nitrogens with one attached hydrogen (secondary N) is 1. The third-order valence-electron chi connectivity index (χ3n) is 3.29. The van der Waals surface area contributed by atoms with Crippen molar-refractivity contribution in [1.29, 1.82) is 0 Å². The van der Waals surface area contributed by atoms with Gasteiger partial charge in [0, 0.05) is 5.56 Å². The second kappa shape index (κ2) is 6.37. The van der Waals surface area contributed by atoms with Crippen LogP contribution < -0.4 is 5.32 Å². The summed E-state index contributed by atoms with van der Waals surface area (Å²) in [7, 11) is 0. The van der Waals surface area contributed by atoms with Crippen molar-refractivity contribution < 1.29 is 9.90 Å². The second-order valence-corrected chi connectivity index (χ2v) is 6.27. The van der Waals surface area contributed by atoms with Crippen LogP contribution in [0.3, 0.4) is 0 Å². The summed E-state index contributed by atoms with van der Waals surface area (Å²) in [6.07, 6.45) is 0. The zero-order chi connectivity index (χ0) is 16.6. The van der Waals surface area contributed by atoms with E-state index in [2.05, 4.69) is 5.32 Å². The summed E-state index contributed by atoms with van der Waals surface area (Å²) in [6, 6.07) is 5.22. The minimum atomic E-state index is -0.311. The molecule has 2 rings (SSSR count). The lowest BCUT2D eigenvalue weighted by Gasteiger charge is -2.14. The third-order valence-corrected chi connectivity index (χ3v) is 4.43. The summed E-state index contributed by atoms with van der Waals surface area (Å²) in [6.45, 7) is 5.71. The minimum Gasteiger partial charge on any atom is -0.505 e. The molecule has 2 N–H and O–H groups in total. The molecule has 3 nitrogen and oxygen atoms in total. The molecule has 0 fully saturated rings. The fourth-order valence-electron chi connectivity index (χ4n) is 2.40. The number of carbonyl (C=O) groups excluding carboxylic acids is 1. The molecule has 0 bridgehead atoms. The zero-order valence-corrected chi connectivity index (χ0v) is 14.5. The molecule has 0 heterocycles. The van der Waals surface area contributed by atoms with Crippen molar-refractivity contribution in [3.63, 3.8) is 0 Å². The molecule has 2 aromatic rings. The first-order valence-electron chi connectivity index (χ1n) is 6.48. The highest BCUT2D eigenvalue weighted by Gasteiger charge is 2.18. The average Bonchev–Trinajstić information content (AvgIpc) is 2.41. The summed E-state index contributed by atoms with van der Waals surface area (Å²) in [5.41, 5.74) is 3.63. The molecule has 0 aliphatic rings. The quantitative estimate of drug-likeness (QED) is 0.548. The Morgan fingerprint density at radius 3 is 2.09 bits per heavy atom. The first-order chi connectivity index (χ1) is 10.2. The molecule has 0 atom stereocenters. The van der Waals surface area contributed by atoms with Gasteiger partial charge < -0.3 is 10.4 Å². The number of phenols is 1. The third kappa shape index (κ3) is 3.17. The molecule has 116 valence electrons. The molecule has 22 heavy (non-hydrogen) atoms. The first-order valence-corrected chi connectivity index (χ1v) is 7.61. The van der Waals surface area contributed by atoms with Gasteiger partial charge in [-0.25, -0.2) is 0 Å². The number of amides is 1. The molecule has 0 saturated heterocycles. The van der Waals surface area contributed by atoms with E-state index in [4.69, 9.17) is 34.8 Å². The van der Waals surface area contributed by atoms with Gasteiger partial charge in [-0.3, -0.25) is 4.79 Å². The summed E-state index contributed by atoms with van der Waals surface area (Å²) < 4.78 is 0. The summed E-state index contributed by atoms with van der Waals surface area (Å²) in [4.78, 5) is 12.5. The minimum absolute atomic E-state index is 0.0158. The fourth-order valence-corrected chi connectivity index (χ4v) is 3.05. The lowest BCUT2D eigenvalue weighted by molar-refractivity contribution is 0.102. The highest BCUT2D eigenvalue weighted by Crippen LogP contribution is 2.42. The van der Waals surface area contributed by atoms with Gasteiger partial charge in [0.05, 0.1) is 15.7 Å². The van der Waals surface area contributed by atoms with Crippen molar-refractivity contribution in [2.24, 2.45) is 0 Å². The number of carbonyl (C=O) groups is 1. The van der Waals surface area contributed by atoms with Crippen molar-refractivity contribution in [1.82, 2.24) is 0 Å². The molecule has 0 spiro atoms. The second-order valence-electron chi connectivity index (χ2n) is 5.11. The van der Waals surface area contributed by atoms with Crippen LogP contribution in [0.5, 0.6) is 5.75 Å². The molecule has 1 amide bonds. The van der Waals surface area contributed by atoms with Crippen LogP contribution in [0.1, 0.15) is 27.0 Å². The smallest absolute Gasteiger partial charge is 0.256 e. The number of aromatic hydroxyl groups is 1. The monoisotopic (exact) mass is 357 g/mol. The van der Waals surface area contributed by atoms with Crippen molar-refractivity contribution in [2.75, 3.05) is 5.32 Å². The van der Waals surface area contributed by atoms with E-state index in [-0.39, 0.29) is 32.4 Å². The number of halogens is 3. The largest absolute Gasteiger partial charge is 0.505 e. The SMILES string of the molecule is Cc1cc(C)c(C(=O)Nc2cc(Cl)c(O)c(Cl)c2Cl)c(C)c1. The normalized spacial score (nSPS) is 10.6. The maximum absolute atomic E-state index is 12.5. The Kier molecular flexibility index (Phi) is 4.90. The maximum atomic E-state index is 12.5. The summed E-state index contributed by atoms with van der Waals surface area (Å²) >= 11 is 17.8. The molecule has 0 radical (unpaired) electrons. The van der Waals surface area contributed by atoms with E-state index in [9.17, 15) is 9.90 Å². The van der Waals surface area contributed by atoms with Crippen molar-refractivity contribution >= 4 is 46.4 Å². The van der Waals surface area contributed by atoms with Gasteiger partial charge >= 0.3 is 0 Å². The lowest BCUT2D eigenvalue weighted by atomic mass is 9.99. The van der Waals surface area contributed by atoms with Gasteiger partial charge in [0.2, 0.25) is 0 Å². The van der Waals surface area contributed by atoms with E-state index in [1.807, 2.05) is 32.9 Å². The number of hydrogen-bond donors (Lipinski definition) is 2. The van der Waals surface area contributed by atoms with Crippen molar-refractivity contribution in [3.05, 3.63) is 55.5 Å². The molecule has 0 aromatic heterocycles. The Hall–Kier alpha value is -1.42. The van der Waals surface area contributed by atoms with Crippen LogP contribution in [0.4, 0.5) is 5.69 Å². The molecule has 0 unspecified atom stereocenters. The Labute approximate surface area is 143 Å². The Bertz CT molecular complexity index is 749. The lowest BCUT2D eigenvalue weighted by Crippen LogP contribution is -2.15. The van der Waals surface area contributed by atoms with E-state index < -0.39 is 0 Å². The maximum Gasteiger partial charge on any atom is 0.256 e. The van der Waals surface area contributed by atoms with Crippen LogP contribution >= 0.6 is 34.8 Å². The van der Waals surface area contributed by atoms with Gasteiger partial charge in [-0.15, -0.1) is 0 Å². The van der Waals surface area contributed by atoms with Gasteiger partial charge in [-0.05, 0) is 38.0 Å². The molecule has 0 aliphatic heterocycles. The van der Waals surface area contributed by atoms with Gasteiger partial charge in [-0.1, -0.05) is 52.5 Å². The number of aryl methyl sites for hydroxylation is 3. The van der Waals surface area contributed by atoms with Crippen LogP contribution in [-0.2, 0) is 0 Å². The van der Waals surface area contributed by atoms with E-state index in [1.165, 1.54) is 6.07 Å². The van der Waals surface area contributed by atoms with E-state index >= 15 is 0 Å². The predicted octanol–water partition coefficient (Wildman–Crippen LogP) is 5.53. The summed E-state index contributed by atoms with van der Waals surface area (Å²) in [5.74, 6) is -0.622. The van der Waals surface area contributed by atoms with Crippen LogP contribution in [0, 0.1) is 20.8 Å². The van der Waals surface area contributed by atoms with E-state index in [1.54, 1.807) is 0 Å². The number of phenolic OH excluding ortho intramolecular Hbond substituents is 1. The molecular formula is C16H14Cl3NO2. The van der Waals surface area contributed by atoms with Gasteiger partial charge in [0.25, 0.3) is 5.91 Å². The highest BCUT2D eigenvalue weighted by atomic mass is 35.5. The predicted molar refractivity (Wildman–Crippen MR) is 91.7 cm³/mol. The van der Waals surface area contributed by atoms with Gasteiger partial charge in [0.15, 0.2) is 5.75 Å². The Balaban J connectivity index is 2.43. The van der Waals surface area contributed by atoms with Gasteiger partial charge in [0.1, 0.15) is 5.02 Å². The number of anilines is 1. The van der Waals surface area contributed by atoms with Crippen LogP contribution in [0.15, 0.2) is 18.2 Å². The molecular weight excluding hydrogens is 345 g/mol. The Morgan fingerprint density at radius 2 is 1.55 bits per heavy atom. The molecule has 2 aromatic carbocycles. The molecule has 0 aliphatic carbocycles. The first kappa shape index (κ1) is 16.9. The van der Waals surface area contributed by atoms with E-state index in [0.29, 0.717) is 5.56 Å². The number of hydrogen-bond acceptors (Lipinski definition) is 2. The zero-order valence-electron chi connectivity index (χ0n) is 12.2. The fraction of sp³-hybridized carbons (Fsp3) is 0.188. The molecule has 6 heteroatoms. The van der Waals surface area contributed by atoms with Crippen molar-refractivity contribution in [3.8, 4) is 5.75 Å².